The molecule has 4 N–H and O–H groups in total. The number of nitrogen functional groups attached to an aromatic ring is 1. The SMILES string of the molecule is CCN(CC)C(=O)CNc1cc(NN)cc([N+](=O)[O-])c1. The van der Waals surface area contributed by atoms with Crippen molar-refractivity contribution in [3.05, 3.63) is 28.3 Å². The van der Waals surface area contributed by atoms with Crippen molar-refractivity contribution in [3.63, 3.8) is 0 Å². The maximum atomic E-state index is 11.8. The Bertz CT molecular complexity index is 488. The summed E-state index contributed by atoms with van der Waals surface area (Å²) in [5.74, 6) is 5.19. The number of benzene rings is 1. The van der Waals surface area contributed by atoms with E-state index in [1.54, 1.807) is 11.0 Å². The van der Waals surface area contributed by atoms with Gasteiger partial charge < -0.3 is 15.6 Å². The predicted molar refractivity (Wildman–Crippen MR) is 77.3 cm³/mol. The number of rotatable bonds is 7. The number of hydrogen-bond acceptors (Lipinski definition) is 6. The molecule has 0 radical (unpaired) electrons. The molecular weight excluding hydrogens is 262 g/mol. The van der Waals surface area contributed by atoms with E-state index in [0.29, 0.717) is 24.5 Å². The number of nitrogens with two attached hydrogens (primary N) is 1. The number of likely N-dealkylation sites (N-methyl/N-ethyl adjacent to an activating group) is 1. The van der Waals surface area contributed by atoms with Crippen LogP contribution in [-0.2, 0) is 4.79 Å². The van der Waals surface area contributed by atoms with Crippen LogP contribution in [0.4, 0.5) is 17.1 Å². The van der Waals surface area contributed by atoms with Gasteiger partial charge in [0.2, 0.25) is 5.91 Å². The number of nitro benzene ring substituents is 1. The molecule has 110 valence electrons. The highest BCUT2D eigenvalue weighted by Crippen LogP contribution is 2.23. The number of carbonyl (C=O) groups excluding carboxylic acids is 1. The molecule has 1 aromatic rings. The quantitative estimate of drug-likeness (QED) is 0.392. The van der Waals surface area contributed by atoms with E-state index in [2.05, 4.69) is 10.7 Å². The Morgan fingerprint density at radius 3 is 2.40 bits per heavy atom. The van der Waals surface area contributed by atoms with Gasteiger partial charge in [-0.2, -0.15) is 0 Å². The molecule has 1 rings (SSSR count). The Balaban J connectivity index is 2.79. The Morgan fingerprint density at radius 1 is 1.30 bits per heavy atom. The van der Waals surface area contributed by atoms with E-state index in [4.69, 9.17) is 5.84 Å². The van der Waals surface area contributed by atoms with Gasteiger partial charge in [0.15, 0.2) is 0 Å². The largest absolute Gasteiger partial charge is 0.376 e. The number of nitrogens with one attached hydrogen (secondary N) is 2. The summed E-state index contributed by atoms with van der Waals surface area (Å²) in [5.41, 5.74) is 3.12. The maximum Gasteiger partial charge on any atom is 0.273 e. The highest BCUT2D eigenvalue weighted by molar-refractivity contribution is 5.81. The van der Waals surface area contributed by atoms with Crippen LogP contribution in [0.3, 0.4) is 0 Å². The molecule has 1 aromatic carbocycles. The minimum Gasteiger partial charge on any atom is -0.376 e. The molecule has 0 saturated carbocycles. The molecule has 0 aliphatic rings. The summed E-state index contributed by atoms with van der Waals surface area (Å²) < 4.78 is 0. The van der Waals surface area contributed by atoms with Crippen LogP contribution in [0.5, 0.6) is 0 Å². The van der Waals surface area contributed by atoms with Gasteiger partial charge in [0.1, 0.15) is 0 Å². The van der Waals surface area contributed by atoms with Gasteiger partial charge in [0.25, 0.3) is 5.69 Å². The molecule has 0 aliphatic carbocycles. The zero-order valence-electron chi connectivity index (χ0n) is 11.5. The minimum absolute atomic E-state index is 0.0660. The van der Waals surface area contributed by atoms with Crippen LogP contribution in [0.15, 0.2) is 18.2 Å². The molecule has 0 fully saturated rings. The van der Waals surface area contributed by atoms with Gasteiger partial charge in [0, 0.05) is 30.9 Å². The highest BCUT2D eigenvalue weighted by atomic mass is 16.6. The first-order valence-electron chi connectivity index (χ1n) is 6.29. The summed E-state index contributed by atoms with van der Waals surface area (Å²) in [7, 11) is 0. The lowest BCUT2D eigenvalue weighted by atomic mass is 10.2. The van der Waals surface area contributed by atoms with Crippen LogP contribution in [0.2, 0.25) is 0 Å². The van der Waals surface area contributed by atoms with E-state index in [1.165, 1.54) is 12.1 Å². The third kappa shape index (κ3) is 4.09. The number of hydrogen-bond donors (Lipinski definition) is 3. The summed E-state index contributed by atoms with van der Waals surface area (Å²) in [6, 6.07) is 4.27. The first-order chi connectivity index (χ1) is 9.51. The first kappa shape index (κ1) is 15.7. The fraction of sp³-hybridized carbons (Fsp3) is 0.417. The molecule has 0 aromatic heterocycles. The van der Waals surface area contributed by atoms with E-state index in [1.807, 2.05) is 13.8 Å². The molecule has 0 unspecified atom stereocenters. The lowest BCUT2D eigenvalue weighted by Crippen LogP contribution is -2.35. The van der Waals surface area contributed by atoms with E-state index in [0.717, 1.165) is 0 Å². The summed E-state index contributed by atoms with van der Waals surface area (Å²) in [6.07, 6.45) is 0. The van der Waals surface area contributed by atoms with Crippen LogP contribution in [0.25, 0.3) is 0 Å². The van der Waals surface area contributed by atoms with Crippen molar-refractivity contribution in [1.82, 2.24) is 4.90 Å². The highest BCUT2D eigenvalue weighted by Gasteiger charge is 2.12. The average molecular weight is 281 g/mol. The van der Waals surface area contributed by atoms with Crippen molar-refractivity contribution in [3.8, 4) is 0 Å². The number of amides is 1. The van der Waals surface area contributed by atoms with Gasteiger partial charge in [-0.3, -0.25) is 20.8 Å². The second-order valence-corrected chi connectivity index (χ2v) is 4.09. The van der Waals surface area contributed by atoms with Crippen molar-refractivity contribution in [1.29, 1.82) is 0 Å². The molecule has 0 saturated heterocycles. The normalized spacial score (nSPS) is 9.95. The smallest absolute Gasteiger partial charge is 0.273 e. The molecule has 0 heterocycles. The topological polar surface area (TPSA) is 114 Å². The van der Waals surface area contributed by atoms with Crippen molar-refractivity contribution in [2.45, 2.75) is 13.8 Å². The Morgan fingerprint density at radius 2 is 1.90 bits per heavy atom. The molecule has 20 heavy (non-hydrogen) atoms. The standard InChI is InChI=1S/C12H19N5O3/c1-3-16(4-2)12(18)8-14-9-5-10(15-13)7-11(6-9)17(19)20/h5-7,14-15H,3-4,8,13H2,1-2H3. The second-order valence-electron chi connectivity index (χ2n) is 4.09. The van der Waals surface area contributed by atoms with Crippen LogP contribution in [-0.4, -0.2) is 35.4 Å². The van der Waals surface area contributed by atoms with E-state index in [9.17, 15) is 14.9 Å². The number of anilines is 2. The van der Waals surface area contributed by atoms with Gasteiger partial charge >= 0.3 is 0 Å². The van der Waals surface area contributed by atoms with Gasteiger partial charge in [-0.1, -0.05) is 0 Å². The monoisotopic (exact) mass is 281 g/mol. The number of hydrazine groups is 1. The average Bonchev–Trinajstić information content (AvgIpc) is 2.45. The number of carbonyl (C=O) groups is 1. The summed E-state index contributed by atoms with van der Waals surface area (Å²) in [4.78, 5) is 23.8. The van der Waals surface area contributed by atoms with E-state index >= 15 is 0 Å². The molecule has 0 atom stereocenters. The zero-order chi connectivity index (χ0) is 15.1. The molecule has 8 heteroatoms. The third-order valence-electron chi connectivity index (χ3n) is 2.86. The first-order valence-corrected chi connectivity index (χ1v) is 6.29. The summed E-state index contributed by atoms with van der Waals surface area (Å²) >= 11 is 0. The van der Waals surface area contributed by atoms with Crippen molar-refractivity contribution >= 4 is 23.0 Å². The fourth-order valence-electron chi connectivity index (χ4n) is 1.77. The predicted octanol–water partition coefficient (Wildman–Crippen LogP) is 1.16. The van der Waals surface area contributed by atoms with Gasteiger partial charge in [-0.25, -0.2) is 0 Å². The lowest BCUT2D eigenvalue weighted by Gasteiger charge is -2.19. The summed E-state index contributed by atoms with van der Waals surface area (Å²) in [6.45, 7) is 5.12. The molecule has 0 spiro atoms. The number of non-ortho nitro benzene ring substituents is 1. The van der Waals surface area contributed by atoms with Gasteiger partial charge in [-0.05, 0) is 19.9 Å². The second kappa shape index (κ2) is 7.29. The van der Waals surface area contributed by atoms with Crippen LogP contribution in [0.1, 0.15) is 13.8 Å². The number of nitro groups is 1. The minimum atomic E-state index is -0.516. The Hall–Kier alpha value is -2.35. The third-order valence-corrected chi connectivity index (χ3v) is 2.86. The Kier molecular flexibility index (Phi) is 5.73. The molecular formula is C12H19N5O3. The van der Waals surface area contributed by atoms with Gasteiger partial charge in [-0.15, -0.1) is 0 Å². The zero-order valence-corrected chi connectivity index (χ0v) is 11.5. The number of nitrogens with zero attached hydrogens (tertiary/aromatic N) is 2. The fourth-order valence-corrected chi connectivity index (χ4v) is 1.77. The van der Waals surface area contributed by atoms with Gasteiger partial charge in [0.05, 0.1) is 17.2 Å². The lowest BCUT2D eigenvalue weighted by molar-refractivity contribution is -0.384. The van der Waals surface area contributed by atoms with Crippen LogP contribution in [0, 0.1) is 10.1 Å². The Labute approximate surface area is 117 Å². The maximum absolute atomic E-state index is 11.8. The summed E-state index contributed by atoms with van der Waals surface area (Å²) in [5, 5.41) is 13.7. The van der Waals surface area contributed by atoms with Crippen LogP contribution < -0.4 is 16.6 Å². The van der Waals surface area contributed by atoms with Crippen LogP contribution >= 0.6 is 0 Å². The van der Waals surface area contributed by atoms with Crippen molar-refractivity contribution < 1.29 is 9.72 Å². The molecule has 1 amide bonds. The van der Waals surface area contributed by atoms with Crippen molar-refractivity contribution in [2.75, 3.05) is 30.4 Å². The van der Waals surface area contributed by atoms with Crippen molar-refractivity contribution in [2.24, 2.45) is 5.84 Å². The molecule has 0 aliphatic heterocycles. The van der Waals surface area contributed by atoms with E-state index in [-0.39, 0.29) is 18.1 Å². The molecule has 0 bridgehead atoms. The van der Waals surface area contributed by atoms with E-state index < -0.39 is 4.92 Å². The molecule has 8 nitrogen and oxygen atoms in total.